The average molecular weight is 513 g/mol. The molecule has 2 atom stereocenters. The lowest BCUT2D eigenvalue weighted by molar-refractivity contribution is -0.131. The predicted molar refractivity (Wildman–Crippen MR) is 135 cm³/mol. The van der Waals surface area contributed by atoms with Gasteiger partial charge in [0.25, 0.3) is 0 Å². The molecule has 11 heteroatoms. The van der Waals surface area contributed by atoms with Crippen LogP contribution in [0.3, 0.4) is 0 Å². The van der Waals surface area contributed by atoms with E-state index in [1.807, 2.05) is 6.92 Å². The third-order valence-corrected chi connectivity index (χ3v) is 5.81. The normalized spacial score (nSPS) is 12.9. The van der Waals surface area contributed by atoms with Gasteiger partial charge in [0.15, 0.2) is 23.1 Å². The van der Waals surface area contributed by atoms with Crippen molar-refractivity contribution in [1.82, 2.24) is 19.9 Å². The van der Waals surface area contributed by atoms with Gasteiger partial charge in [0.05, 0.1) is 36.6 Å². The first-order valence-electron chi connectivity index (χ1n) is 11.6. The van der Waals surface area contributed by atoms with E-state index in [2.05, 4.69) is 15.0 Å². The molecule has 0 fully saturated rings. The highest BCUT2D eigenvalue weighted by Gasteiger charge is 2.20. The zero-order valence-corrected chi connectivity index (χ0v) is 21.0. The number of ether oxygens (including phenoxy) is 3. The van der Waals surface area contributed by atoms with Crippen LogP contribution in [0.25, 0.3) is 21.8 Å². The van der Waals surface area contributed by atoms with Gasteiger partial charge >= 0.3 is 0 Å². The number of aromatic nitrogens is 3. The molecule has 2 aromatic heterocycles. The molecule has 4 rings (SSSR count). The number of nitrogens with zero attached hydrogens (tertiary/aromatic N) is 3. The first-order valence-corrected chi connectivity index (χ1v) is 11.6. The summed E-state index contributed by atoms with van der Waals surface area (Å²) in [5.41, 5.74) is 1.95. The summed E-state index contributed by atoms with van der Waals surface area (Å²) in [5.74, 6) is 0.0173. The minimum absolute atomic E-state index is 0.0141. The van der Waals surface area contributed by atoms with Gasteiger partial charge in [-0.25, -0.2) is 14.4 Å². The van der Waals surface area contributed by atoms with Crippen molar-refractivity contribution in [2.24, 2.45) is 0 Å². The maximum absolute atomic E-state index is 15.1. The Balaban J connectivity index is 1.52. The number of carbonyl (C=O) groups is 1. The molecule has 2 heterocycles. The van der Waals surface area contributed by atoms with E-state index in [1.165, 1.54) is 24.4 Å². The van der Waals surface area contributed by atoms with Crippen molar-refractivity contribution in [3.8, 4) is 23.1 Å². The number of halogens is 1. The molecule has 37 heavy (non-hydrogen) atoms. The molecule has 0 radical (unpaired) electrons. The average Bonchev–Trinajstić information content (AvgIpc) is 3.25. The number of aromatic amines is 1. The molecule has 10 nitrogen and oxygen atoms in total. The zero-order valence-electron chi connectivity index (χ0n) is 21.0. The smallest absolute Gasteiger partial charge is 0.230 e. The van der Waals surface area contributed by atoms with Gasteiger partial charge in [-0.05, 0) is 31.2 Å². The first-order chi connectivity index (χ1) is 17.7. The monoisotopic (exact) mass is 512 g/mol. The number of aliphatic hydroxyl groups excluding tert-OH is 2. The summed E-state index contributed by atoms with van der Waals surface area (Å²) in [7, 11) is 4.64. The molecule has 4 aromatic rings. The largest absolute Gasteiger partial charge is 0.493 e. The molecule has 1 amide bonds. The summed E-state index contributed by atoms with van der Waals surface area (Å²) in [6.07, 6.45) is -0.872. The quantitative estimate of drug-likeness (QED) is 0.295. The molecule has 0 aliphatic heterocycles. The summed E-state index contributed by atoms with van der Waals surface area (Å²) in [4.78, 5) is 24.6. The summed E-state index contributed by atoms with van der Waals surface area (Å²) >= 11 is 0. The number of aryl methyl sites for hydroxylation is 1. The maximum Gasteiger partial charge on any atom is 0.230 e. The Morgan fingerprint density at radius 2 is 1.86 bits per heavy atom. The second-order valence-corrected chi connectivity index (χ2v) is 8.94. The van der Waals surface area contributed by atoms with E-state index in [9.17, 15) is 15.0 Å². The van der Waals surface area contributed by atoms with Gasteiger partial charge in [-0.2, -0.15) is 0 Å². The van der Waals surface area contributed by atoms with Crippen molar-refractivity contribution < 1.29 is 33.6 Å². The lowest BCUT2D eigenvalue weighted by Gasteiger charge is -2.19. The van der Waals surface area contributed by atoms with Crippen LogP contribution in [0.1, 0.15) is 18.5 Å². The van der Waals surface area contributed by atoms with Crippen LogP contribution in [0.2, 0.25) is 0 Å². The van der Waals surface area contributed by atoms with Crippen LogP contribution < -0.4 is 14.2 Å². The third-order valence-electron chi connectivity index (χ3n) is 5.81. The molecule has 0 saturated heterocycles. The molecule has 196 valence electrons. The Morgan fingerprint density at radius 3 is 2.59 bits per heavy atom. The summed E-state index contributed by atoms with van der Waals surface area (Å²) in [6.45, 7) is 1.70. The SMILES string of the molecule is COc1cc2c(Oc3ccc4[nH]c(C)cc4c3F)ncnc2cc1OC[C@@H](O)C[C@@H](O)CC(=O)N(C)C. The van der Waals surface area contributed by atoms with Crippen molar-refractivity contribution in [2.45, 2.75) is 32.0 Å². The number of H-pyrrole nitrogens is 1. The minimum atomic E-state index is -1.02. The maximum atomic E-state index is 15.1. The number of hydrogen-bond donors (Lipinski definition) is 3. The van der Waals surface area contributed by atoms with E-state index in [0.29, 0.717) is 33.3 Å². The number of hydrogen-bond acceptors (Lipinski definition) is 8. The standard InChI is InChI=1S/C26H29FN4O6/c1-14-7-17-19(30-14)5-6-21(25(17)27)37-26-18-10-22(35-4)23(11-20(18)28-13-29-26)36-12-16(33)8-15(32)9-24(34)31(2)3/h5-7,10-11,13,15-16,30,32-33H,8-9,12H2,1-4H3/t15-,16+/m1/s1. The van der Waals surface area contributed by atoms with Crippen LogP contribution in [0.15, 0.2) is 36.7 Å². The first kappa shape index (κ1) is 26.1. The topological polar surface area (TPSA) is 130 Å². The van der Waals surface area contributed by atoms with Gasteiger partial charge in [0.1, 0.15) is 12.9 Å². The fraction of sp³-hybridized carbons (Fsp3) is 0.346. The summed E-state index contributed by atoms with van der Waals surface area (Å²) < 4.78 is 32.1. The van der Waals surface area contributed by atoms with Gasteiger partial charge < -0.3 is 34.3 Å². The van der Waals surface area contributed by atoms with Gasteiger partial charge in [-0.1, -0.05) is 0 Å². The van der Waals surface area contributed by atoms with E-state index in [1.54, 1.807) is 38.4 Å². The number of aliphatic hydroxyl groups is 2. The molecular weight excluding hydrogens is 483 g/mol. The Labute approximate surface area is 212 Å². The number of fused-ring (bicyclic) bond motifs is 2. The van der Waals surface area contributed by atoms with Crippen molar-refractivity contribution in [2.75, 3.05) is 27.8 Å². The fourth-order valence-corrected chi connectivity index (χ4v) is 3.90. The van der Waals surface area contributed by atoms with Crippen LogP contribution in [-0.2, 0) is 4.79 Å². The Hall–Kier alpha value is -3.96. The van der Waals surface area contributed by atoms with E-state index < -0.39 is 18.0 Å². The van der Waals surface area contributed by atoms with Crippen LogP contribution in [-0.4, -0.2) is 76.0 Å². The zero-order chi connectivity index (χ0) is 26.7. The molecule has 0 aliphatic rings. The van der Waals surface area contributed by atoms with Crippen LogP contribution >= 0.6 is 0 Å². The Bertz CT molecular complexity index is 1420. The number of amides is 1. The van der Waals surface area contributed by atoms with Gasteiger partial charge in [-0.3, -0.25) is 4.79 Å². The van der Waals surface area contributed by atoms with Crippen molar-refractivity contribution in [1.29, 1.82) is 0 Å². The van der Waals surface area contributed by atoms with Crippen molar-refractivity contribution >= 4 is 27.7 Å². The Kier molecular flexibility index (Phi) is 7.74. The Morgan fingerprint density at radius 1 is 1.08 bits per heavy atom. The number of carbonyl (C=O) groups excluding carboxylic acids is 1. The molecule has 0 unspecified atom stereocenters. The van der Waals surface area contributed by atoms with Crippen LogP contribution in [0.5, 0.6) is 23.1 Å². The second kappa shape index (κ2) is 11.0. The van der Waals surface area contributed by atoms with E-state index in [4.69, 9.17) is 14.2 Å². The van der Waals surface area contributed by atoms with Crippen molar-refractivity contribution in [3.05, 3.63) is 48.2 Å². The highest BCUT2D eigenvalue weighted by atomic mass is 19.1. The molecule has 0 bridgehead atoms. The van der Waals surface area contributed by atoms with Crippen molar-refractivity contribution in [3.63, 3.8) is 0 Å². The van der Waals surface area contributed by atoms with E-state index in [-0.39, 0.29) is 37.0 Å². The minimum Gasteiger partial charge on any atom is -0.493 e. The summed E-state index contributed by atoms with van der Waals surface area (Å²) in [6, 6.07) is 8.16. The van der Waals surface area contributed by atoms with Crippen LogP contribution in [0, 0.1) is 12.7 Å². The molecular formula is C26H29FN4O6. The van der Waals surface area contributed by atoms with E-state index >= 15 is 4.39 Å². The fourth-order valence-electron chi connectivity index (χ4n) is 3.90. The van der Waals surface area contributed by atoms with Gasteiger partial charge in [0.2, 0.25) is 11.8 Å². The molecule has 0 aliphatic carbocycles. The van der Waals surface area contributed by atoms with E-state index in [0.717, 1.165) is 5.69 Å². The second-order valence-electron chi connectivity index (χ2n) is 8.94. The number of methoxy groups -OCH3 is 1. The molecule has 3 N–H and O–H groups in total. The predicted octanol–water partition coefficient (Wildman–Crippen LogP) is 3.33. The van der Waals surface area contributed by atoms with Gasteiger partial charge in [-0.15, -0.1) is 0 Å². The lowest BCUT2D eigenvalue weighted by Crippen LogP contribution is -2.30. The molecule has 0 spiro atoms. The highest BCUT2D eigenvalue weighted by molar-refractivity contribution is 5.87. The number of rotatable bonds is 10. The van der Waals surface area contributed by atoms with Crippen LogP contribution in [0.4, 0.5) is 4.39 Å². The summed E-state index contributed by atoms with van der Waals surface area (Å²) in [5, 5.41) is 21.2. The number of nitrogens with one attached hydrogen (secondary N) is 1. The lowest BCUT2D eigenvalue weighted by atomic mass is 10.1. The molecule has 0 saturated carbocycles. The highest BCUT2D eigenvalue weighted by Crippen LogP contribution is 2.37. The molecule has 2 aromatic carbocycles. The number of benzene rings is 2. The van der Waals surface area contributed by atoms with Gasteiger partial charge in [0, 0.05) is 43.2 Å². The third kappa shape index (κ3) is 5.89.